The summed E-state index contributed by atoms with van der Waals surface area (Å²) >= 11 is 0. The molecule has 2 rings (SSSR count). The summed E-state index contributed by atoms with van der Waals surface area (Å²) in [4.78, 5) is 15.3. The lowest BCUT2D eigenvalue weighted by atomic mass is 10.1. The number of nitrogens with zero attached hydrogens (tertiary/aromatic N) is 2. The van der Waals surface area contributed by atoms with Gasteiger partial charge in [-0.05, 0) is 44.0 Å². The first kappa shape index (κ1) is 20.5. The summed E-state index contributed by atoms with van der Waals surface area (Å²) in [5, 5.41) is 9.57. The maximum atomic E-state index is 12.8. The number of benzene rings is 1. The summed E-state index contributed by atoms with van der Waals surface area (Å²) < 4.78 is 43.8. The highest BCUT2D eigenvalue weighted by atomic mass is 19.4. The average Bonchev–Trinajstić information content (AvgIpc) is 2.51. The largest absolute Gasteiger partial charge is 0.484 e. The molecule has 1 unspecified atom stereocenters. The number of ether oxygens (including phenoxy) is 1. The molecular weight excluding hydrogens is 349 g/mol. The lowest BCUT2D eigenvalue weighted by Gasteiger charge is -2.38. The molecule has 0 aromatic heterocycles. The third kappa shape index (κ3) is 5.35. The van der Waals surface area contributed by atoms with E-state index in [1.165, 1.54) is 4.90 Å². The number of piperazine rings is 1. The molecule has 1 saturated heterocycles. The molecule has 146 valence electrons. The van der Waals surface area contributed by atoms with Crippen molar-refractivity contribution in [2.24, 2.45) is 0 Å². The third-order valence-corrected chi connectivity index (χ3v) is 4.42. The molecule has 1 N–H and O–H groups in total. The molecule has 1 heterocycles. The molecule has 8 heteroatoms. The number of amides is 1. The fourth-order valence-electron chi connectivity index (χ4n) is 2.93. The smallest absolute Gasteiger partial charge is 0.418 e. The Bertz CT molecular complexity index is 619. The number of rotatable bonds is 5. The number of alkyl halides is 3. The van der Waals surface area contributed by atoms with Gasteiger partial charge in [-0.2, -0.15) is 13.2 Å². The van der Waals surface area contributed by atoms with Gasteiger partial charge in [-0.1, -0.05) is 6.07 Å². The molecule has 1 aromatic carbocycles. The monoisotopic (exact) mass is 374 g/mol. The zero-order valence-corrected chi connectivity index (χ0v) is 15.3. The van der Waals surface area contributed by atoms with Gasteiger partial charge < -0.3 is 14.7 Å². The average molecular weight is 374 g/mol. The van der Waals surface area contributed by atoms with Gasteiger partial charge in [0.1, 0.15) is 5.75 Å². The molecule has 0 saturated carbocycles. The highest BCUT2D eigenvalue weighted by Crippen LogP contribution is 2.30. The maximum Gasteiger partial charge on any atom is 0.418 e. The van der Waals surface area contributed by atoms with Crippen molar-refractivity contribution >= 4 is 5.91 Å². The second-order valence-corrected chi connectivity index (χ2v) is 7.04. The van der Waals surface area contributed by atoms with Gasteiger partial charge in [-0.3, -0.25) is 9.69 Å². The minimum Gasteiger partial charge on any atom is -0.484 e. The van der Waals surface area contributed by atoms with Gasteiger partial charge in [-0.25, -0.2) is 0 Å². The number of hydrogen-bond donors (Lipinski definition) is 1. The fourth-order valence-corrected chi connectivity index (χ4v) is 2.93. The van der Waals surface area contributed by atoms with Crippen LogP contribution in [0.3, 0.4) is 0 Å². The van der Waals surface area contributed by atoms with Crippen molar-refractivity contribution in [1.82, 2.24) is 9.80 Å². The molecular formula is C18H25F3N2O3. The van der Waals surface area contributed by atoms with Gasteiger partial charge in [0, 0.05) is 32.7 Å². The molecule has 1 atom stereocenters. The molecule has 1 fully saturated rings. The second kappa shape index (κ2) is 7.84. The molecule has 1 amide bonds. The van der Waals surface area contributed by atoms with Crippen molar-refractivity contribution in [3.8, 4) is 5.75 Å². The van der Waals surface area contributed by atoms with Crippen molar-refractivity contribution in [3.05, 3.63) is 29.3 Å². The van der Waals surface area contributed by atoms with Crippen LogP contribution in [0.2, 0.25) is 0 Å². The van der Waals surface area contributed by atoms with E-state index in [-0.39, 0.29) is 25.6 Å². The van der Waals surface area contributed by atoms with E-state index in [4.69, 9.17) is 4.74 Å². The molecule has 26 heavy (non-hydrogen) atoms. The van der Waals surface area contributed by atoms with E-state index in [2.05, 4.69) is 0 Å². The zero-order chi connectivity index (χ0) is 19.5. The third-order valence-electron chi connectivity index (χ3n) is 4.42. The van der Waals surface area contributed by atoms with Crippen LogP contribution < -0.4 is 4.74 Å². The van der Waals surface area contributed by atoms with Gasteiger partial charge in [0.2, 0.25) is 0 Å². The van der Waals surface area contributed by atoms with Crippen molar-refractivity contribution in [3.63, 3.8) is 0 Å². The highest BCUT2D eigenvalue weighted by molar-refractivity contribution is 5.77. The lowest BCUT2D eigenvalue weighted by molar-refractivity contribution is -0.258. The lowest BCUT2D eigenvalue weighted by Crippen LogP contribution is -2.57. The van der Waals surface area contributed by atoms with Gasteiger partial charge in [0.15, 0.2) is 12.2 Å². The molecule has 1 aliphatic heterocycles. The van der Waals surface area contributed by atoms with Crippen LogP contribution >= 0.6 is 0 Å². The van der Waals surface area contributed by atoms with E-state index >= 15 is 0 Å². The summed E-state index contributed by atoms with van der Waals surface area (Å²) in [6.45, 7) is 5.21. The number of halogens is 3. The van der Waals surface area contributed by atoms with Crippen molar-refractivity contribution in [2.75, 3.05) is 39.3 Å². The predicted octanol–water partition coefficient (Wildman–Crippen LogP) is 2.14. The molecule has 0 radical (unpaired) electrons. The summed E-state index contributed by atoms with van der Waals surface area (Å²) in [6.07, 6.45) is -4.68. The molecule has 0 bridgehead atoms. The Hall–Kier alpha value is -1.80. The number of β-amino-alcohol motifs (C(OH)–C–C–N with tert-alkyl or cyclic N) is 1. The van der Waals surface area contributed by atoms with Gasteiger partial charge in [0.05, 0.1) is 0 Å². The van der Waals surface area contributed by atoms with Crippen LogP contribution in [0.15, 0.2) is 18.2 Å². The Kier molecular flexibility index (Phi) is 6.18. The predicted molar refractivity (Wildman–Crippen MR) is 91.1 cm³/mol. The van der Waals surface area contributed by atoms with Gasteiger partial charge >= 0.3 is 6.18 Å². The van der Waals surface area contributed by atoms with Crippen LogP contribution in [0.25, 0.3) is 0 Å². The van der Waals surface area contributed by atoms with E-state index in [1.54, 1.807) is 4.90 Å². The van der Waals surface area contributed by atoms with Crippen LogP contribution in [-0.4, -0.2) is 71.9 Å². The van der Waals surface area contributed by atoms with Crippen LogP contribution in [-0.2, 0) is 4.79 Å². The van der Waals surface area contributed by atoms with Crippen LogP contribution in [0.5, 0.6) is 5.75 Å². The Labute approximate surface area is 151 Å². The highest BCUT2D eigenvalue weighted by Gasteiger charge is 2.50. The standard InChI is InChI=1S/C18H25F3N2O3/c1-13-8-14(2)10-15(9-13)26-11-16(24)23-6-4-22(5-7-23)12-17(3,25)18(19,20)21/h8-10,25H,4-7,11-12H2,1-3H3. The quantitative estimate of drug-likeness (QED) is 0.858. The number of carbonyl (C=O) groups is 1. The zero-order valence-electron chi connectivity index (χ0n) is 15.3. The minimum absolute atomic E-state index is 0.108. The van der Waals surface area contributed by atoms with Crippen LogP contribution in [0.1, 0.15) is 18.1 Å². The first-order valence-electron chi connectivity index (χ1n) is 8.48. The Morgan fingerprint density at radius 1 is 1.12 bits per heavy atom. The number of hydrogen-bond acceptors (Lipinski definition) is 4. The summed E-state index contributed by atoms with van der Waals surface area (Å²) in [7, 11) is 0. The maximum absolute atomic E-state index is 12.8. The van der Waals surface area contributed by atoms with Crippen LogP contribution in [0.4, 0.5) is 13.2 Å². The van der Waals surface area contributed by atoms with Crippen molar-refractivity contribution < 1.29 is 27.8 Å². The summed E-state index contributed by atoms with van der Waals surface area (Å²) in [5.74, 6) is 0.419. The van der Waals surface area contributed by atoms with Gasteiger partial charge in [-0.15, -0.1) is 0 Å². The first-order chi connectivity index (χ1) is 12.0. The summed E-state index contributed by atoms with van der Waals surface area (Å²) in [6, 6.07) is 5.69. The Morgan fingerprint density at radius 2 is 1.65 bits per heavy atom. The second-order valence-electron chi connectivity index (χ2n) is 7.04. The van der Waals surface area contributed by atoms with E-state index in [0.717, 1.165) is 18.1 Å². The summed E-state index contributed by atoms with van der Waals surface area (Å²) in [5.41, 5.74) is -0.679. The van der Waals surface area contributed by atoms with Crippen LogP contribution in [0, 0.1) is 13.8 Å². The Balaban J connectivity index is 1.81. The molecule has 1 aliphatic rings. The minimum atomic E-state index is -4.68. The van der Waals surface area contributed by atoms with E-state index in [9.17, 15) is 23.1 Å². The molecule has 0 spiro atoms. The van der Waals surface area contributed by atoms with Crippen molar-refractivity contribution in [1.29, 1.82) is 0 Å². The van der Waals surface area contributed by atoms with E-state index < -0.39 is 18.3 Å². The molecule has 5 nitrogen and oxygen atoms in total. The molecule has 1 aromatic rings. The topological polar surface area (TPSA) is 53.0 Å². The normalized spacial score (nSPS) is 18.5. The number of aliphatic hydroxyl groups is 1. The molecule has 0 aliphatic carbocycles. The first-order valence-corrected chi connectivity index (χ1v) is 8.48. The van der Waals surface area contributed by atoms with Gasteiger partial charge in [0.25, 0.3) is 5.91 Å². The van der Waals surface area contributed by atoms with Crippen molar-refractivity contribution in [2.45, 2.75) is 32.5 Å². The van der Waals surface area contributed by atoms with E-state index in [1.807, 2.05) is 32.0 Å². The SMILES string of the molecule is Cc1cc(C)cc(OCC(=O)N2CCN(CC(C)(O)C(F)(F)F)CC2)c1. The van der Waals surface area contributed by atoms with E-state index in [0.29, 0.717) is 18.8 Å². The Morgan fingerprint density at radius 3 is 2.15 bits per heavy atom. The number of aryl methyl sites for hydroxylation is 2. The fraction of sp³-hybridized carbons (Fsp3) is 0.611. The number of carbonyl (C=O) groups excluding carboxylic acids is 1.